The van der Waals surface area contributed by atoms with Crippen molar-refractivity contribution in [3.63, 3.8) is 0 Å². The first-order valence-electron chi connectivity index (χ1n) is 7.32. The van der Waals surface area contributed by atoms with Gasteiger partial charge in [0.2, 0.25) is 0 Å². The van der Waals surface area contributed by atoms with Gasteiger partial charge >= 0.3 is 6.03 Å². The zero-order valence-electron chi connectivity index (χ0n) is 11.7. The fourth-order valence-corrected chi connectivity index (χ4v) is 3.46. The molecule has 5 nitrogen and oxygen atoms in total. The Morgan fingerprint density at radius 3 is 2.75 bits per heavy atom. The normalized spacial score (nSPS) is 30.1. The third-order valence-corrected chi connectivity index (χ3v) is 4.47. The summed E-state index contributed by atoms with van der Waals surface area (Å²) in [5.41, 5.74) is 1.00. The standard InChI is InChI=1S/C15H21N3O2/c1-10(11-3-2-6-16-9-11)17-15(20)18-12-4-5-13(18)8-14(19)7-12/h2-3,6,9-10,12-14,19H,4-5,7-8H2,1H3,(H,17,20). The molecule has 2 aliphatic rings. The monoisotopic (exact) mass is 275 g/mol. The number of carbonyl (C=O) groups excluding carboxylic acids is 1. The number of nitrogens with one attached hydrogen (secondary N) is 1. The highest BCUT2D eigenvalue weighted by atomic mass is 16.3. The Kier molecular flexibility index (Phi) is 3.61. The molecule has 20 heavy (non-hydrogen) atoms. The van der Waals surface area contributed by atoms with E-state index in [1.165, 1.54) is 0 Å². The van der Waals surface area contributed by atoms with Crippen LogP contribution >= 0.6 is 0 Å². The van der Waals surface area contributed by atoms with Gasteiger partial charge < -0.3 is 15.3 Å². The molecule has 3 heterocycles. The number of amides is 2. The van der Waals surface area contributed by atoms with Crippen LogP contribution in [0.15, 0.2) is 24.5 Å². The highest BCUT2D eigenvalue weighted by Gasteiger charge is 2.42. The Balaban J connectivity index is 1.65. The summed E-state index contributed by atoms with van der Waals surface area (Å²) in [6.45, 7) is 1.97. The van der Waals surface area contributed by atoms with Crippen LogP contribution in [-0.4, -0.2) is 39.2 Å². The predicted octanol–water partition coefficient (Wildman–Crippen LogP) is 1.84. The highest BCUT2D eigenvalue weighted by molar-refractivity contribution is 5.76. The van der Waals surface area contributed by atoms with Gasteiger partial charge in [0, 0.05) is 24.5 Å². The summed E-state index contributed by atoms with van der Waals surface area (Å²) >= 11 is 0. The molecule has 1 aromatic heterocycles. The molecule has 3 rings (SSSR count). The number of aromatic nitrogens is 1. The van der Waals surface area contributed by atoms with Gasteiger partial charge in [-0.25, -0.2) is 4.79 Å². The number of piperidine rings is 1. The van der Waals surface area contributed by atoms with Gasteiger partial charge in [0.05, 0.1) is 12.1 Å². The Bertz CT molecular complexity index is 465. The van der Waals surface area contributed by atoms with Crippen LogP contribution < -0.4 is 5.32 Å². The lowest BCUT2D eigenvalue weighted by Crippen LogP contribution is -2.52. The van der Waals surface area contributed by atoms with Crippen molar-refractivity contribution in [3.8, 4) is 0 Å². The van der Waals surface area contributed by atoms with E-state index >= 15 is 0 Å². The Labute approximate surface area is 119 Å². The number of urea groups is 1. The largest absolute Gasteiger partial charge is 0.393 e. The Morgan fingerprint density at radius 1 is 1.45 bits per heavy atom. The average Bonchev–Trinajstić information content (AvgIpc) is 2.72. The van der Waals surface area contributed by atoms with Crippen molar-refractivity contribution in [2.75, 3.05) is 0 Å². The minimum atomic E-state index is -0.243. The molecule has 2 saturated heterocycles. The molecule has 2 bridgehead atoms. The molecular formula is C15H21N3O2. The van der Waals surface area contributed by atoms with Gasteiger partial charge in [-0.1, -0.05) is 6.07 Å². The van der Waals surface area contributed by atoms with Crippen LogP contribution in [0.4, 0.5) is 4.79 Å². The maximum absolute atomic E-state index is 12.5. The molecule has 0 aliphatic carbocycles. The van der Waals surface area contributed by atoms with E-state index in [4.69, 9.17) is 0 Å². The lowest BCUT2D eigenvalue weighted by atomic mass is 10.0. The van der Waals surface area contributed by atoms with Crippen LogP contribution in [0.2, 0.25) is 0 Å². The van der Waals surface area contributed by atoms with Gasteiger partial charge in [0.25, 0.3) is 0 Å². The molecule has 5 heteroatoms. The van der Waals surface area contributed by atoms with Crippen molar-refractivity contribution in [2.24, 2.45) is 0 Å². The van der Waals surface area contributed by atoms with E-state index in [0.717, 1.165) is 18.4 Å². The molecule has 0 radical (unpaired) electrons. The van der Waals surface area contributed by atoms with Crippen molar-refractivity contribution in [3.05, 3.63) is 30.1 Å². The minimum absolute atomic E-state index is 0.0132. The van der Waals surface area contributed by atoms with Crippen molar-refractivity contribution in [2.45, 2.75) is 56.8 Å². The summed E-state index contributed by atoms with van der Waals surface area (Å²) < 4.78 is 0. The number of aliphatic hydroxyl groups excluding tert-OH is 1. The summed E-state index contributed by atoms with van der Waals surface area (Å²) in [6.07, 6.45) is 6.71. The molecule has 3 unspecified atom stereocenters. The number of nitrogens with zero attached hydrogens (tertiary/aromatic N) is 2. The zero-order chi connectivity index (χ0) is 14.1. The van der Waals surface area contributed by atoms with E-state index in [1.54, 1.807) is 12.4 Å². The Morgan fingerprint density at radius 2 is 2.15 bits per heavy atom. The van der Waals surface area contributed by atoms with Gasteiger partial charge in [-0.2, -0.15) is 0 Å². The summed E-state index contributed by atoms with van der Waals surface area (Å²) in [6, 6.07) is 4.17. The average molecular weight is 275 g/mol. The third kappa shape index (κ3) is 2.50. The first kappa shape index (κ1) is 13.4. The molecule has 1 aromatic rings. The quantitative estimate of drug-likeness (QED) is 0.865. The summed E-state index contributed by atoms with van der Waals surface area (Å²) in [4.78, 5) is 18.5. The second-order valence-corrected chi connectivity index (χ2v) is 5.88. The van der Waals surface area contributed by atoms with Crippen LogP contribution in [0.5, 0.6) is 0 Å². The first-order valence-corrected chi connectivity index (χ1v) is 7.32. The van der Waals surface area contributed by atoms with Crippen molar-refractivity contribution >= 4 is 6.03 Å². The lowest BCUT2D eigenvalue weighted by Gasteiger charge is -2.37. The van der Waals surface area contributed by atoms with Gasteiger partial charge in [0.1, 0.15) is 0 Å². The van der Waals surface area contributed by atoms with Crippen LogP contribution in [0.25, 0.3) is 0 Å². The molecule has 2 aliphatic heterocycles. The number of rotatable bonds is 2. The van der Waals surface area contributed by atoms with Crippen LogP contribution in [0, 0.1) is 0 Å². The van der Waals surface area contributed by atoms with Gasteiger partial charge in [-0.15, -0.1) is 0 Å². The number of carbonyl (C=O) groups is 1. The van der Waals surface area contributed by atoms with Crippen LogP contribution in [0.3, 0.4) is 0 Å². The Hall–Kier alpha value is -1.62. The van der Waals surface area contributed by atoms with E-state index in [0.29, 0.717) is 12.8 Å². The third-order valence-electron chi connectivity index (χ3n) is 4.47. The zero-order valence-corrected chi connectivity index (χ0v) is 11.7. The summed E-state index contributed by atoms with van der Waals surface area (Å²) in [7, 11) is 0. The maximum atomic E-state index is 12.5. The lowest BCUT2D eigenvalue weighted by molar-refractivity contribution is 0.0536. The predicted molar refractivity (Wildman–Crippen MR) is 75.1 cm³/mol. The first-order chi connectivity index (χ1) is 9.65. The maximum Gasteiger partial charge on any atom is 0.318 e. The van der Waals surface area contributed by atoms with Gasteiger partial charge in [-0.3, -0.25) is 4.98 Å². The summed E-state index contributed by atoms with van der Waals surface area (Å²) in [5.74, 6) is 0. The smallest absolute Gasteiger partial charge is 0.318 e. The molecule has 0 spiro atoms. The number of pyridine rings is 1. The topological polar surface area (TPSA) is 65.5 Å². The molecule has 2 N–H and O–H groups in total. The van der Waals surface area contributed by atoms with Gasteiger partial charge in [-0.05, 0) is 44.2 Å². The SMILES string of the molecule is CC(NC(=O)N1C2CCC1CC(O)C2)c1cccnc1. The fourth-order valence-electron chi connectivity index (χ4n) is 3.46. The van der Waals surface area contributed by atoms with Crippen LogP contribution in [-0.2, 0) is 0 Å². The van der Waals surface area contributed by atoms with E-state index in [-0.39, 0.29) is 30.3 Å². The molecule has 0 saturated carbocycles. The molecular weight excluding hydrogens is 254 g/mol. The van der Waals surface area contributed by atoms with Crippen molar-refractivity contribution < 1.29 is 9.90 Å². The molecule has 108 valence electrons. The van der Waals surface area contributed by atoms with Crippen molar-refractivity contribution in [1.29, 1.82) is 0 Å². The highest BCUT2D eigenvalue weighted by Crippen LogP contribution is 2.35. The van der Waals surface area contributed by atoms with E-state index in [1.807, 2.05) is 24.0 Å². The van der Waals surface area contributed by atoms with E-state index < -0.39 is 0 Å². The second kappa shape index (κ2) is 5.40. The number of hydrogen-bond acceptors (Lipinski definition) is 3. The molecule has 2 fully saturated rings. The minimum Gasteiger partial charge on any atom is -0.393 e. The number of fused-ring (bicyclic) bond motifs is 2. The molecule has 2 amide bonds. The van der Waals surface area contributed by atoms with E-state index in [9.17, 15) is 9.90 Å². The van der Waals surface area contributed by atoms with E-state index in [2.05, 4.69) is 10.3 Å². The van der Waals surface area contributed by atoms with Crippen molar-refractivity contribution in [1.82, 2.24) is 15.2 Å². The summed E-state index contributed by atoms with van der Waals surface area (Å²) in [5, 5.41) is 12.8. The molecule has 3 atom stereocenters. The van der Waals surface area contributed by atoms with Crippen LogP contribution in [0.1, 0.15) is 44.2 Å². The molecule has 0 aromatic carbocycles. The second-order valence-electron chi connectivity index (χ2n) is 5.88. The van der Waals surface area contributed by atoms with Gasteiger partial charge in [0.15, 0.2) is 0 Å². The number of hydrogen-bond donors (Lipinski definition) is 2. The fraction of sp³-hybridized carbons (Fsp3) is 0.600. The number of aliphatic hydroxyl groups is 1.